The normalized spacial score (nSPS) is 12.8. The molecule has 0 spiro atoms. The average Bonchev–Trinajstić information content (AvgIpc) is 3.12. The molecular formula is C23H26F2N2O6S. The highest BCUT2D eigenvalue weighted by Gasteiger charge is 2.21. The fourth-order valence-electron chi connectivity index (χ4n) is 3.62. The number of aliphatic hydroxyl groups excluding tert-OH is 2. The molecule has 8 nitrogen and oxygen atoms in total. The number of rotatable bonds is 10. The van der Waals surface area contributed by atoms with E-state index in [0.717, 1.165) is 0 Å². The van der Waals surface area contributed by atoms with E-state index in [1.54, 1.807) is 23.7 Å². The standard InChI is InChI=1S/C23H26F2N2O6S/c1-14-9-20-18(23(25)22(14)24)10-16(27(20)2)11-26-19(12-29)15-3-5-17(6-4-15)34(31,32)13-21(30)33-8-7-28/h3-6,9-10,19,26,28-29H,7-8,11-13H2,1-2H3/t19-/m1/s1. The first-order chi connectivity index (χ1) is 16.1. The van der Waals surface area contributed by atoms with Gasteiger partial charge in [-0.05, 0) is 42.3 Å². The minimum Gasteiger partial charge on any atom is -0.462 e. The second kappa shape index (κ2) is 10.6. The van der Waals surface area contributed by atoms with Gasteiger partial charge in [0.1, 0.15) is 6.61 Å². The number of nitrogens with one attached hydrogen (secondary N) is 1. The summed E-state index contributed by atoms with van der Waals surface area (Å²) in [5.41, 5.74) is 2.01. The molecule has 0 saturated heterocycles. The van der Waals surface area contributed by atoms with Gasteiger partial charge in [0.2, 0.25) is 0 Å². The van der Waals surface area contributed by atoms with Crippen LogP contribution in [-0.2, 0) is 33.0 Å². The molecule has 0 aliphatic carbocycles. The number of fused-ring (bicyclic) bond motifs is 1. The van der Waals surface area contributed by atoms with Gasteiger partial charge in [-0.25, -0.2) is 17.2 Å². The molecular weight excluding hydrogens is 470 g/mol. The van der Waals surface area contributed by atoms with E-state index in [-0.39, 0.29) is 35.6 Å². The number of hydrogen-bond donors (Lipinski definition) is 3. The lowest BCUT2D eigenvalue weighted by atomic mass is 10.1. The van der Waals surface area contributed by atoms with Gasteiger partial charge in [0.05, 0.1) is 29.7 Å². The van der Waals surface area contributed by atoms with Crippen LogP contribution in [0, 0.1) is 18.6 Å². The molecule has 0 fully saturated rings. The highest BCUT2D eigenvalue weighted by Crippen LogP contribution is 2.27. The molecule has 0 radical (unpaired) electrons. The maximum absolute atomic E-state index is 14.3. The maximum atomic E-state index is 14.3. The van der Waals surface area contributed by atoms with E-state index in [4.69, 9.17) is 5.11 Å². The summed E-state index contributed by atoms with van der Waals surface area (Å²) in [4.78, 5) is 11.5. The van der Waals surface area contributed by atoms with Crippen molar-refractivity contribution in [3.05, 3.63) is 64.9 Å². The van der Waals surface area contributed by atoms with Crippen molar-refractivity contribution in [2.45, 2.75) is 24.4 Å². The highest BCUT2D eigenvalue weighted by atomic mass is 32.2. The van der Waals surface area contributed by atoms with Crippen molar-refractivity contribution >= 4 is 26.7 Å². The third-order valence-corrected chi connectivity index (χ3v) is 7.13. The van der Waals surface area contributed by atoms with Crippen molar-refractivity contribution in [1.82, 2.24) is 9.88 Å². The lowest BCUT2D eigenvalue weighted by molar-refractivity contribution is -0.141. The fraction of sp³-hybridized carbons (Fsp3) is 0.348. The van der Waals surface area contributed by atoms with E-state index >= 15 is 0 Å². The molecule has 1 heterocycles. The summed E-state index contributed by atoms with van der Waals surface area (Å²) in [6.07, 6.45) is 0. The summed E-state index contributed by atoms with van der Waals surface area (Å²) in [6.45, 7) is 0.737. The minimum atomic E-state index is -3.93. The summed E-state index contributed by atoms with van der Waals surface area (Å²) >= 11 is 0. The summed E-state index contributed by atoms with van der Waals surface area (Å²) in [5.74, 6) is -3.62. The van der Waals surface area contributed by atoms with Crippen molar-refractivity contribution in [2.24, 2.45) is 7.05 Å². The van der Waals surface area contributed by atoms with Crippen LogP contribution in [0.2, 0.25) is 0 Å². The molecule has 1 atom stereocenters. The van der Waals surface area contributed by atoms with Gasteiger partial charge in [0, 0.05) is 24.7 Å². The van der Waals surface area contributed by atoms with Crippen molar-refractivity contribution in [3.8, 4) is 0 Å². The van der Waals surface area contributed by atoms with Crippen LogP contribution in [0.15, 0.2) is 41.3 Å². The largest absolute Gasteiger partial charge is 0.462 e. The molecule has 0 aliphatic heterocycles. The molecule has 0 unspecified atom stereocenters. The van der Waals surface area contributed by atoms with Gasteiger partial charge in [-0.15, -0.1) is 0 Å². The number of aryl methyl sites for hydroxylation is 2. The van der Waals surface area contributed by atoms with Crippen molar-refractivity contribution < 1.29 is 36.9 Å². The average molecular weight is 497 g/mol. The Morgan fingerprint density at radius 1 is 1.15 bits per heavy atom. The van der Waals surface area contributed by atoms with Crippen LogP contribution in [0.3, 0.4) is 0 Å². The molecule has 184 valence electrons. The van der Waals surface area contributed by atoms with E-state index in [9.17, 15) is 27.1 Å². The minimum absolute atomic E-state index is 0.0876. The zero-order valence-corrected chi connectivity index (χ0v) is 19.5. The molecule has 0 bridgehead atoms. The van der Waals surface area contributed by atoms with Gasteiger partial charge in [-0.1, -0.05) is 12.1 Å². The molecule has 3 rings (SSSR count). The Morgan fingerprint density at radius 3 is 2.44 bits per heavy atom. The number of hydrogen-bond acceptors (Lipinski definition) is 7. The summed E-state index contributed by atoms with van der Waals surface area (Å²) in [5, 5.41) is 21.8. The van der Waals surface area contributed by atoms with E-state index < -0.39 is 45.8 Å². The molecule has 1 aromatic heterocycles. The van der Waals surface area contributed by atoms with E-state index in [0.29, 0.717) is 16.8 Å². The maximum Gasteiger partial charge on any atom is 0.321 e. The van der Waals surface area contributed by atoms with Gasteiger partial charge in [-0.2, -0.15) is 0 Å². The van der Waals surface area contributed by atoms with Crippen LogP contribution in [0.5, 0.6) is 0 Å². The lowest BCUT2D eigenvalue weighted by Gasteiger charge is -2.17. The first-order valence-electron chi connectivity index (χ1n) is 10.5. The van der Waals surface area contributed by atoms with Gasteiger partial charge in [0.25, 0.3) is 0 Å². The molecule has 0 amide bonds. The Balaban J connectivity index is 1.73. The molecule has 11 heteroatoms. The second-order valence-electron chi connectivity index (χ2n) is 7.84. The Morgan fingerprint density at radius 2 is 1.82 bits per heavy atom. The summed E-state index contributed by atoms with van der Waals surface area (Å²) < 4.78 is 59.3. The van der Waals surface area contributed by atoms with Crippen LogP contribution in [0.4, 0.5) is 8.78 Å². The Labute approximate surface area is 195 Å². The number of esters is 1. The van der Waals surface area contributed by atoms with Crippen molar-refractivity contribution in [3.63, 3.8) is 0 Å². The topological polar surface area (TPSA) is 118 Å². The zero-order chi connectivity index (χ0) is 25.0. The van der Waals surface area contributed by atoms with Gasteiger partial charge in [0.15, 0.2) is 27.2 Å². The SMILES string of the molecule is Cc1cc2c(cc(CN[C@H](CO)c3ccc(S(=O)(=O)CC(=O)OCCO)cc3)n2C)c(F)c1F. The number of ether oxygens (including phenoxy) is 1. The van der Waals surface area contributed by atoms with Gasteiger partial charge >= 0.3 is 5.97 Å². The third-order valence-electron chi connectivity index (χ3n) is 5.52. The van der Waals surface area contributed by atoms with Gasteiger partial charge < -0.3 is 24.8 Å². The number of carbonyl (C=O) groups excluding carboxylic acids is 1. The summed E-state index contributed by atoms with van der Waals surface area (Å²) in [7, 11) is -2.20. The van der Waals surface area contributed by atoms with Crippen LogP contribution < -0.4 is 5.32 Å². The predicted octanol–water partition coefficient (Wildman–Crippen LogP) is 1.90. The van der Waals surface area contributed by atoms with E-state index in [2.05, 4.69) is 10.1 Å². The fourth-order valence-corrected chi connectivity index (χ4v) is 4.73. The predicted molar refractivity (Wildman–Crippen MR) is 121 cm³/mol. The number of nitrogens with zero attached hydrogens (tertiary/aromatic N) is 1. The summed E-state index contributed by atoms with van der Waals surface area (Å²) in [6, 6.07) is 8.23. The molecule has 0 aliphatic rings. The zero-order valence-electron chi connectivity index (χ0n) is 18.7. The quantitative estimate of drug-likeness (QED) is 0.367. The molecule has 2 aromatic carbocycles. The Kier molecular flexibility index (Phi) is 8.03. The highest BCUT2D eigenvalue weighted by molar-refractivity contribution is 7.92. The van der Waals surface area contributed by atoms with Crippen LogP contribution in [-0.4, -0.2) is 54.7 Å². The van der Waals surface area contributed by atoms with Crippen LogP contribution in [0.25, 0.3) is 10.9 Å². The molecule has 3 N–H and O–H groups in total. The van der Waals surface area contributed by atoms with Crippen molar-refractivity contribution in [2.75, 3.05) is 25.6 Å². The van der Waals surface area contributed by atoms with Crippen molar-refractivity contribution in [1.29, 1.82) is 0 Å². The number of sulfone groups is 1. The number of aliphatic hydroxyl groups is 2. The van der Waals surface area contributed by atoms with E-state index in [1.807, 2.05) is 0 Å². The molecule has 34 heavy (non-hydrogen) atoms. The Hall–Kier alpha value is -2.86. The van der Waals surface area contributed by atoms with E-state index in [1.165, 1.54) is 31.2 Å². The lowest BCUT2D eigenvalue weighted by Crippen LogP contribution is -2.25. The smallest absolute Gasteiger partial charge is 0.321 e. The number of aromatic nitrogens is 1. The monoisotopic (exact) mass is 496 g/mol. The molecule has 3 aromatic rings. The van der Waals surface area contributed by atoms with Crippen LogP contribution in [0.1, 0.15) is 22.9 Å². The second-order valence-corrected chi connectivity index (χ2v) is 9.83. The van der Waals surface area contributed by atoms with Crippen LogP contribution >= 0.6 is 0 Å². The number of carbonyl (C=O) groups is 1. The number of benzene rings is 2. The van der Waals surface area contributed by atoms with Gasteiger partial charge in [-0.3, -0.25) is 4.79 Å². The molecule has 0 saturated carbocycles. The first kappa shape index (κ1) is 25.8. The number of halogens is 2. The Bertz CT molecular complexity index is 1290. The third kappa shape index (κ3) is 5.44. The first-order valence-corrected chi connectivity index (χ1v) is 12.1.